The Hall–Kier alpha value is -8.18. The first kappa shape index (κ1) is 44.3. The molecule has 0 aliphatic heterocycles. The van der Waals surface area contributed by atoms with Crippen LogP contribution in [0.2, 0.25) is 0 Å². The van der Waals surface area contributed by atoms with Crippen LogP contribution in [0.5, 0.6) is 5.75 Å². The summed E-state index contributed by atoms with van der Waals surface area (Å²) < 4.78 is 9.29. The third-order valence-corrected chi connectivity index (χ3v) is 13.1. The first-order chi connectivity index (χ1) is 33.8. The Morgan fingerprint density at radius 1 is 0.514 bits per heavy atom. The number of benzene rings is 8. The molecule has 0 unspecified atom stereocenters. The second kappa shape index (κ2) is 18.0. The van der Waals surface area contributed by atoms with Crippen LogP contribution >= 0.6 is 0 Å². The van der Waals surface area contributed by atoms with Gasteiger partial charge in [-0.1, -0.05) is 196 Å². The third kappa shape index (κ3) is 7.90. The average Bonchev–Trinajstić information content (AvgIpc) is 3.98. The molecule has 0 radical (unpaired) electrons. The molecule has 0 bridgehead atoms. The monoisotopic (exact) mass is 1080 g/mol. The summed E-state index contributed by atoms with van der Waals surface area (Å²) in [4.78, 5) is 15.8. The Bertz CT molecular complexity index is 3880. The van der Waals surface area contributed by atoms with Crippen LogP contribution in [0.3, 0.4) is 0 Å². The van der Waals surface area contributed by atoms with Gasteiger partial charge >= 0.3 is 0 Å². The molecule has 0 atom stereocenters. The van der Waals surface area contributed by atoms with Crippen molar-refractivity contribution in [2.45, 2.75) is 26.2 Å². The molecule has 0 amide bonds. The zero-order valence-electron chi connectivity index (χ0n) is 38.7. The molecule has 12 rings (SSSR count). The second-order valence-electron chi connectivity index (χ2n) is 18.5. The zero-order valence-corrected chi connectivity index (χ0v) is 40.9. The van der Waals surface area contributed by atoms with Gasteiger partial charge in [0.2, 0.25) is 0 Å². The number of rotatable bonds is 8. The molecular weight excluding hydrogens is 1040 g/mol. The number of hydrogen-bond donors (Lipinski definition) is 1. The van der Waals surface area contributed by atoms with Gasteiger partial charge in [-0.2, -0.15) is 0 Å². The van der Waals surface area contributed by atoms with E-state index in [0.29, 0.717) is 22.6 Å². The van der Waals surface area contributed by atoms with Crippen LogP contribution in [0, 0.1) is 6.07 Å². The minimum Gasteiger partial charge on any atom is -0.507 e. The van der Waals surface area contributed by atoms with E-state index in [1.165, 1.54) is 5.56 Å². The van der Waals surface area contributed by atoms with Crippen molar-refractivity contribution in [1.82, 2.24) is 19.5 Å². The molecule has 1 N–H and O–H groups in total. The van der Waals surface area contributed by atoms with Gasteiger partial charge in [0.25, 0.3) is 0 Å². The number of hydrogen-bond acceptors (Lipinski definition) is 5. The van der Waals surface area contributed by atoms with E-state index in [2.05, 4.69) is 165 Å². The molecule has 0 saturated carbocycles. The van der Waals surface area contributed by atoms with Gasteiger partial charge in [-0.15, -0.1) is 17.7 Å². The third-order valence-electron chi connectivity index (χ3n) is 13.1. The van der Waals surface area contributed by atoms with Crippen molar-refractivity contribution >= 4 is 33.0 Å². The fourth-order valence-electron chi connectivity index (χ4n) is 9.53. The number of pyridine rings is 2. The topological polar surface area (TPSA) is 77.0 Å². The molecule has 0 fully saturated rings. The number of nitrogens with zero attached hydrogens (tertiary/aromatic N) is 4. The number of aromatic nitrogens is 4. The van der Waals surface area contributed by atoms with Crippen LogP contribution in [0.15, 0.2) is 217 Å². The van der Waals surface area contributed by atoms with E-state index < -0.39 is 0 Å². The molecule has 4 aromatic heterocycles. The minimum atomic E-state index is 0. The van der Waals surface area contributed by atoms with Gasteiger partial charge in [0.05, 0.1) is 33.6 Å². The van der Waals surface area contributed by atoms with Gasteiger partial charge in [-0.25, -0.2) is 9.97 Å². The quantitative estimate of drug-likeness (QED) is 0.153. The smallest absolute Gasteiger partial charge is 0.149 e. The van der Waals surface area contributed by atoms with Gasteiger partial charge in [0, 0.05) is 55.0 Å². The normalized spacial score (nSPS) is 11.6. The molecule has 6 nitrogen and oxygen atoms in total. The molecule has 0 aliphatic carbocycles. The molecule has 340 valence electrons. The summed E-state index contributed by atoms with van der Waals surface area (Å²) in [7, 11) is 0. The minimum absolute atomic E-state index is 0. The Labute approximate surface area is 420 Å². The van der Waals surface area contributed by atoms with Crippen LogP contribution in [0.25, 0.3) is 117 Å². The first-order valence-corrected chi connectivity index (χ1v) is 23.2. The van der Waals surface area contributed by atoms with Crippen molar-refractivity contribution in [2.75, 3.05) is 0 Å². The number of furan rings is 1. The van der Waals surface area contributed by atoms with Gasteiger partial charge in [-0.3, -0.25) is 9.55 Å². The molecule has 0 spiro atoms. The number of aromatic hydroxyl groups is 1. The van der Waals surface area contributed by atoms with Crippen molar-refractivity contribution in [3.8, 4) is 90.0 Å². The van der Waals surface area contributed by atoms with E-state index in [-0.39, 0.29) is 32.2 Å². The summed E-state index contributed by atoms with van der Waals surface area (Å²) in [5.74, 6) is 0.760. The largest absolute Gasteiger partial charge is 0.507 e. The van der Waals surface area contributed by atoms with Crippen molar-refractivity contribution in [3.63, 3.8) is 0 Å². The zero-order chi connectivity index (χ0) is 46.6. The number of phenolic OH excluding ortho intramolecular Hbond substituents is 1. The maximum atomic E-state index is 11.5. The van der Waals surface area contributed by atoms with Crippen LogP contribution in [0.1, 0.15) is 26.3 Å². The fourth-order valence-corrected chi connectivity index (χ4v) is 9.53. The van der Waals surface area contributed by atoms with Crippen LogP contribution < -0.4 is 0 Å². The molecule has 7 heteroatoms. The number of para-hydroxylation sites is 3. The Morgan fingerprint density at radius 2 is 1.14 bits per heavy atom. The first-order valence-electron chi connectivity index (χ1n) is 23.2. The van der Waals surface area contributed by atoms with Gasteiger partial charge in [0.1, 0.15) is 22.9 Å². The van der Waals surface area contributed by atoms with E-state index in [1.807, 2.05) is 72.9 Å². The molecule has 8 aromatic carbocycles. The summed E-state index contributed by atoms with van der Waals surface area (Å²) in [5.41, 5.74) is 16.7. The molecule has 70 heavy (non-hydrogen) atoms. The van der Waals surface area contributed by atoms with Crippen LogP contribution in [0.4, 0.5) is 0 Å². The van der Waals surface area contributed by atoms with Crippen LogP contribution in [-0.4, -0.2) is 24.6 Å². The number of imidazole rings is 1. The molecule has 0 aliphatic rings. The van der Waals surface area contributed by atoms with E-state index in [1.54, 1.807) is 6.07 Å². The standard InChI is InChI=1S/C63H45N4O2.Pt/c1-63(2,3)46-32-30-40(31-33-46)44-34-35-64-54(38-44)52-37-45(36-50-51-39-53(42-20-9-5-10-21-42)65-58(61(51)69-60(50)52)43-22-11-6-12-23-43)48-26-17-28-56-59(48)66-62(49-25-14-16-29-57(49)68)67(56)55-27-15-13-24-47(55)41-18-7-4-8-19-41;/h4-36,38-39,68H,1-3H3;/q-1;. The maximum absolute atomic E-state index is 11.5. The Balaban J connectivity index is 0.00000533. The van der Waals surface area contributed by atoms with Crippen molar-refractivity contribution in [3.05, 3.63) is 224 Å². The van der Waals surface area contributed by atoms with E-state index >= 15 is 0 Å². The number of phenols is 1. The predicted octanol–water partition coefficient (Wildman–Crippen LogP) is 16.2. The Kier molecular flexibility index (Phi) is 11.4. The molecule has 0 saturated heterocycles. The summed E-state index contributed by atoms with van der Waals surface area (Å²) in [6.45, 7) is 6.70. The van der Waals surface area contributed by atoms with Gasteiger partial charge in [0.15, 0.2) is 0 Å². The van der Waals surface area contributed by atoms with Gasteiger partial charge < -0.3 is 9.52 Å². The maximum Gasteiger partial charge on any atom is 0.149 e. The Morgan fingerprint density at radius 3 is 1.86 bits per heavy atom. The fraction of sp³-hybridized carbons (Fsp3) is 0.0635. The van der Waals surface area contributed by atoms with E-state index in [9.17, 15) is 5.11 Å². The summed E-state index contributed by atoms with van der Waals surface area (Å²) >= 11 is 0. The van der Waals surface area contributed by atoms with E-state index in [4.69, 9.17) is 19.4 Å². The summed E-state index contributed by atoms with van der Waals surface area (Å²) in [5, 5.41) is 13.3. The molecule has 4 heterocycles. The van der Waals surface area contributed by atoms with Gasteiger partial charge in [-0.05, 0) is 69.5 Å². The second-order valence-corrected chi connectivity index (χ2v) is 18.5. The summed E-state index contributed by atoms with van der Waals surface area (Å²) in [6, 6.07) is 74.1. The predicted molar refractivity (Wildman–Crippen MR) is 281 cm³/mol. The summed E-state index contributed by atoms with van der Waals surface area (Å²) in [6.07, 6.45) is 1.87. The molecule has 12 aromatic rings. The van der Waals surface area contributed by atoms with Crippen molar-refractivity contribution < 1.29 is 30.6 Å². The average molecular weight is 1090 g/mol. The van der Waals surface area contributed by atoms with E-state index in [0.717, 1.165) is 94.6 Å². The molecular formula is C63H45N4O2Pt-. The van der Waals surface area contributed by atoms with Crippen LogP contribution in [-0.2, 0) is 26.5 Å². The number of fused-ring (bicyclic) bond motifs is 4. The van der Waals surface area contributed by atoms with Crippen molar-refractivity contribution in [1.29, 1.82) is 0 Å². The van der Waals surface area contributed by atoms with Crippen molar-refractivity contribution in [2.24, 2.45) is 0 Å². The SMILES string of the molecule is CC(C)(C)c1ccc(-c2ccnc(-c3[c-]c(-c4cccc5c4nc(-c4ccccc4O)n5-c4ccccc4-c4ccccc4)cc4c3oc3c(-c5ccccc5)nc(-c5ccccc5)cc34)c2)cc1.[Pt].